The van der Waals surface area contributed by atoms with Crippen LogP contribution in [0.4, 0.5) is 5.69 Å². The number of hydrazone groups is 1. The molecule has 134 valence electrons. The lowest BCUT2D eigenvalue weighted by atomic mass is 10.0. The van der Waals surface area contributed by atoms with E-state index in [4.69, 9.17) is 22.2 Å². The van der Waals surface area contributed by atoms with Gasteiger partial charge >= 0.3 is 0 Å². The summed E-state index contributed by atoms with van der Waals surface area (Å²) in [6.07, 6.45) is 0. The van der Waals surface area contributed by atoms with E-state index in [0.29, 0.717) is 16.8 Å². The molecule has 5 nitrogen and oxygen atoms in total. The maximum Gasteiger partial charge on any atom is 0.191 e. The summed E-state index contributed by atoms with van der Waals surface area (Å²) in [5.74, 6) is 1.15. The number of benzene rings is 2. The van der Waals surface area contributed by atoms with Crippen molar-refractivity contribution in [3.8, 4) is 11.8 Å². The fraction of sp³-hybridized carbons (Fsp3) is 0.250. The lowest BCUT2D eigenvalue weighted by Gasteiger charge is -2.10. The molecule has 2 N–H and O–H groups in total. The summed E-state index contributed by atoms with van der Waals surface area (Å²) in [6, 6.07) is 17.5. The second-order valence-corrected chi connectivity index (χ2v) is 6.42. The molecule has 2 aromatic rings. The second kappa shape index (κ2) is 9.54. The molecule has 0 amide bonds. The molecule has 2 rings (SSSR count). The third-order valence-electron chi connectivity index (χ3n) is 3.74. The maximum absolute atomic E-state index is 8.52. The van der Waals surface area contributed by atoms with Gasteiger partial charge in [-0.05, 0) is 72.6 Å². The highest BCUT2D eigenvalue weighted by atomic mass is 32.1. The molecule has 0 spiro atoms. The van der Waals surface area contributed by atoms with E-state index in [9.17, 15) is 0 Å². The molecule has 0 radical (unpaired) electrons. The summed E-state index contributed by atoms with van der Waals surface area (Å²) in [5.41, 5.74) is 6.77. The van der Waals surface area contributed by atoms with Crippen molar-refractivity contribution >= 4 is 28.7 Å². The maximum atomic E-state index is 8.52. The predicted octanol–water partition coefficient (Wildman–Crippen LogP) is 4.42. The number of anilines is 1. The van der Waals surface area contributed by atoms with Gasteiger partial charge in [-0.25, -0.2) is 0 Å². The quantitative estimate of drug-likeness (QED) is 0.450. The van der Waals surface area contributed by atoms with Gasteiger partial charge in [0.25, 0.3) is 0 Å². The Labute approximate surface area is 159 Å². The lowest BCUT2D eigenvalue weighted by molar-refractivity contribution is 0.368. The minimum absolute atomic E-state index is 0.0338. The normalized spacial score (nSPS) is 11.0. The Morgan fingerprint density at radius 1 is 1.15 bits per heavy atom. The fourth-order valence-electron chi connectivity index (χ4n) is 2.22. The zero-order chi connectivity index (χ0) is 18.9. The van der Waals surface area contributed by atoms with E-state index in [-0.39, 0.29) is 6.61 Å². The summed E-state index contributed by atoms with van der Waals surface area (Å²) < 4.78 is 5.23. The first-order valence-corrected chi connectivity index (χ1v) is 8.72. The zero-order valence-corrected chi connectivity index (χ0v) is 15.9. The number of nitrogens with zero attached hydrogens (tertiary/aromatic N) is 2. The van der Waals surface area contributed by atoms with E-state index in [2.05, 4.69) is 41.8 Å². The monoisotopic (exact) mass is 366 g/mol. The molecule has 0 saturated heterocycles. The van der Waals surface area contributed by atoms with Gasteiger partial charge in [0.05, 0.1) is 5.71 Å². The van der Waals surface area contributed by atoms with Crippen LogP contribution >= 0.6 is 12.2 Å². The van der Waals surface area contributed by atoms with E-state index in [1.165, 1.54) is 5.56 Å². The van der Waals surface area contributed by atoms with Gasteiger partial charge in [-0.3, -0.25) is 5.43 Å². The summed E-state index contributed by atoms with van der Waals surface area (Å²) in [6.45, 7) is 6.24. The average molecular weight is 366 g/mol. The molecule has 0 aliphatic heterocycles. The number of rotatable bonds is 6. The van der Waals surface area contributed by atoms with Crippen molar-refractivity contribution < 1.29 is 4.74 Å². The number of hydrogen-bond acceptors (Lipinski definition) is 4. The second-order valence-electron chi connectivity index (χ2n) is 6.01. The van der Waals surface area contributed by atoms with Crippen molar-refractivity contribution in [3.63, 3.8) is 0 Å². The SMILES string of the molecule is C/C(=N/NC(=S)Nc1ccc(C(C)C)cc1)c1ccc(OCC#N)cc1. The third-order valence-corrected chi connectivity index (χ3v) is 3.93. The molecule has 0 aromatic heterocycles. The van der Waals surface area contributed by atoms with Crippen LogP contribution in [0, 0.1) is 11.3 Å². The van der Waals surface area contributed by atoms with Crippen molar-refractivity contribution in [3.05, 3.63) is 59.7 Å². The molecule has 26 heavy (non-hydrogen) atoms. The minimum Gasteiger partial charge on any atom is -0.479 e. The van der Waals surface area contributed by atoms with Gasteiger partial charge in [0.15, 0.2) is 11.7 Å². The number of hydrogen-bond donors (Lipinski definition) is 2. The van der Waals surface area contributed by atoms with Gasteiger partial charge in [-0.15, -0.1) is 0 Å². The van der Waals surface area contributed by atoms with Crippen LogP contribution in [0.3, 0.4) is 0 Å². The van der Waals surface area contributed by atoms with E-state index < -0.39 is 0 Å². The Hall–Kier alpha value is -2.91. The van der Waals surface area contributed by atoms with Crippen molar-refractivity contribution in [2.75, 3.05) is 11.9 Å². The lowest BCUT2D eigenvalue weighted by Crippen LogP contribution is -2.24. The van der Waals surface area contributed by atoms with Crippen molar-refractivity contribution in [1.82, 2.24) is 5.43 Å². The predicted molar refractivity (Wildman–Crippen MR) is 110 cm³/mol. The van der Waals surface area contributed by atoms with Gasteiger partial charge in [0.2, 0.25) is 0 Å². The molecule has 0 atom stereocenters. The van der Waals surface area contributed by atoms with Crippen LogP contribution < -0.4 is 15.5 Å². The van der Waals surface area contributed by atoms with Gasteiger partial charge in [-0.2, -0.15) is 10.4 Å². The van der Waals surface area contributed by atoms with E-state index in [1.54, 1.807) is 12.1 Å². The van der Waals surface area contributed by atoms with Gasteiger partial charge < -0.3 is 10.1 Å². The minimum atomic E-state index is 0.0338. The Balaban J connectivity index is 1.91. The molecular weight excluding hydrogens is 344 g/mol. The highest BCUT2D eigenvalue weighted by Crippen LogP contribution is 2.17. The molecular formula is C20H22N4OS. The molecule has 0 aliphatic rings. The first-order chi connectivity index (χ1) is 12.5. The van der Waals surface area contributed by atoms with E-state index in [1.807, 2.05) is 37.3 Å². The van der Waals surface area contributed by atoms with Gasteiger partial charge in [0, 0.05) is 5.69 Å². The van der Waals surface area contributed by atoms with Crippen LogP contribution in [-0.2, 0) is 0 Å². The fourth-order valence-corrected chi connectivity index (χ4v) is 2.38. The Kier molecular flexibility index (Phi) is 7.12. The first kappa shape index (κ1) is 19.4. The van der Waals surface area contributed by atoms with Crippen LogP contribution in [0.15, 0.2) is 53.6 Å². The Morgan fingerprint density at radius 3 is 2.38 bits per heavy atom. The molecule has 0 saturated carbocycles. The van der Waals surface area contributed by atoms with Crippen molar-refractivity contribution in [1.29, 1.82) is 5.26 Å². The molecule has 6 heteroatoms. The van der Waals surface area contributed by atoms with Crippen LogP contribution in [0.2, 0.25) is 0 Å². The van der Waals surface area contributed by atoms with Gasteiger partial charge in [-0.1, -0.05) is 26.0 Å². The van der Waals surface area contributed by atoms with Crippen molar-refractivity contribution in [2.24, 2.45) is 5.10 Å². The Morgan fingerprint density at radius 2 is 1.81 bits per heavy atom. The molecule has 0 heterocycles. The third kappa shape index (κ3) is 5.87. The van der Waals surface area contributed by atoms with E-state index in [0.717, 1.165) is 17.0 Å². The highest BCUT2D eigenvalue weighted by Gasteiger charge is 2.02. The summed E-state index contributed by atoms with van der Waals surface area (Å²) in [5, 5.41) is 16.3. The van der Waals surface area contributed by atoms with Gasteiger partial charge in [0.1, 0.15) is 11.8 Å². The summed E-state index contributed by atoms with van der Waals surface area (Å²) in [4.78, 5) is 0. The number of nitriles is 1. The first-order valence-electron chi connectivity index (χ1n) is 8.31. The largest absolute Gasteiger partial charge is 0.479 e. The van der Waals surface area contributed by atoms with Crippen molar-refractivity contribution in [2.45, 2.75) is 26.7 Å². The standard InChI is InChI=1S/C20H22N4OS/c1-14(2)16-4-8-18(9-5-16)22-20(26)24-23-15(3)17-6-10-19(11-7-17)25-13-12-21/h4-11,14H,13H2,1-3H3,(H2,22,24,26)/b23-15-. The van der Waals surface area contributed by atoms with E-state index >= 15 is 0 Å². The summed E-state index contributed by atoms with van der Waals surface area (Å²) in [7, 11) is 0. The molecule has 0 unspecified atom stereocenters. The Bertz CT molecular complexity index is 805. The number of ether oxygens (including phenoxy) is 1. The number of thiocarbonyl (C=S) groups is 1. The molecule has 0 aliphatic carbocycles. The van der Waals surface area contributed by atoms with Crippen LogP contribution in [0.5, 0.6) is 5.75 Å². The van der Waals surface area contributed by atoms with Crippen LogP contribution in [-0.4, -0.2) is 17.4 Å². The topological polar surface area (TPSA) is 69.4 Å². The molecule has 0 fully saturated rings. The molecule has 2 aromatic carbocycles. The molecule has 0 bridgehead atoms. The highest BCUT2D eigenvalue weighted by molar-refractivity contribution is 7.80. The van der Waals surface area contributed by atoms with Crippen LogP contribution in [0.25, 0.3) is 0 Å². The van der Waals surface area contributed by atoms with Crippen LogP contribution in [0.1, 0.15) is 37.8 Å². The number of nitrogens with one attached hydrogen (secondary N) is 2. The average Bonchev–Trinajstić information content (AvgIpc) is 2.65. The zero-order valence-electron chi connectivity index (χ0n) is 15.1. The summed E-state index contributed by atoms with van der Waals surface area (Å²) >= 11 is 5.28. The smallest absolute Gasteiger partial charge is 0.191 e.